The highest BCUT2D eigenvalue weighted by Crippen LogP contribution is 2.13. The Kier molecular flexibility index (Phi) is 8.91. The first-order chi connectivity index (χ1) is 9.76. The van der Waals surface area contributed by atoms with Crippen LogP contribution in [0.1, 0.15) is 18.4 Å². The summed E-state index contributed by atoms with van der Waals surface area (Å²) in [7, 11) is 1.64. The van der Waals surface area contributed by atoms with Crippen LogP contribution in [0.3, 0.4) is 0 Å². The molecule has 1 amide bonds. The van der Waals surface area contributed by atoms with Crippen LogP contribution >= 0.6 is 11.8 Å². The molecule has 0 aliphatic carbocycles. The van der Waals surface area contributed by atoms with Crippen LogP contribution in [0.15, 0.2) is 24.3 Å². The average molecular weight is 297 g/mol. The summed E-state index contributed by atoms with van der Waals surface area (Å²) in [6.07, 6.45) is 2.03. The van der Waals surface area contributed by atoms with Crippen molar-refractivity contribution in [3.05, 3.63) is 29.8 Å². The van der Waals surface area contributed by atoms with Crippen LogP contribution in [0.5, 0.6) is 5.75 Å². The van der Waals surface area contributed by atoms with Gasteiger partial charge >= 0.3 is 0 Å². The van der Waals surface area contributed by atoms with E-state index in [0.717, 1.165) is 35.7 Å². The first kappa shape index (κ1) is 16.9. The second-order valence-electron chi connectivity index (χ2n) is 4.39. The van der Waals surface area contributed by atoms with E-state index in [9.17, 15) is 4.79 Å². The normalized spacial score (nSPS) is 10.3. The predicted molar refractivity (Wildman–Crippen MR) is 83.4 cm³/mol. The van der Waals surface area contributed by atoms with Crippen LogP contribution in [0.2, 0.25) is 0 Å². The lowest BCUT2D eigenvalue weighted by Gasteiger charge is -2.06. The van der Waals surface area contributed by atoms with Gasteiger partial charge < -0.3 is 15.2 Å². The van der Waals surface area contributed by atoms with Gasteiger partial charge in [0.25, 0.3) is 0 Å². The number of amides is 1. The van der Waals surface area contributed by atoms with Gasteiger partial charge in [0, 0.05) is 25.3 Å². The first-order valence-corrected chi connectivity index (χ1v) is 8.00. The largest absolute Gasteiger partial charge is 0.497 e. The minimum Gasteiger partial charge on any atom is -0.497 e. The monoisotopic (exact) mass is 297 g/mol. The highest BCUT2D eigenvalue weighted by Gasteiger charge is 2.02. The van der Waals surface area contributed by atoms with Gasteiger partial charge in [0.1, 0.15) is 5.75 Å². The number of benzene rings is 1. The molecular formula is C15H23NO3S. The molecule has 0 aromatic heterocycles. The molecule has 0 heterocycles. The number of ether oxygens (including phenoxy) is 1. The Morgan fingerprint density at radius 2 is 2.25 bits per heavy atom. The minimum atomic E-state index is 0.0792. The van der Waals surface area contributed by atoms with E-state index in [0.29, 0.717) is 13.0 Å². The molecule has 0 unspecified atom stereocenters. The van der Waals surface area contributed by atoms with Gasteiger partial charge in [-0.3, -0.25) is 4.79 Å². The number of hydrogen-bond acceptors (Lipinski definition) is 4. The second kappa shape index (κ2) is 10.6. The molecule has 0 bridgehead atoms. The van der Waals surface area contributed by atoms with Gasteiger partial charge in [0.15, 0.2) is 0 Å². The summed E-state index contributed by atoms with van der Waals surface area (Å²) in [5, 5.41) is 11.5. The Balaban J connectivity index is 2.13. The highest BCUT2D eigenvalue weighted by atomic mass is 32.2. The third-order valence-electron chi connectivity index (χ3n) is 2.79. The maximum atomic E-state index is 11.7. The van der Waals surface area contributed by atoms with E-state index in [1.54, 1.807) is 18.9 Å². The Bertz CT molecular complexity index is 398. The summed E-state index contributed by atoms with van der Waals surface area (Å²) in [6, 6.07) is 7.79. The number of rotatable bonds is 10. The van der Waals surface area contributed by atoms with Crippen LogP contribution in [-0.4, -0.2) is 42.8 Å². The topological polar surface area (TPSA) is 58.6 Å². The second-order valence-corrected chi connectivity index (χ2v) is 5.62. The zero-order chi connectivity index (χ0) is 14.6. The fraction of sp³-hybridized carbons (Fsp3) is 0.533. The van der Waals surface area contributed by atoms with Gasteiger partial charge in [-0.1, -0.05) is 12.1 Å². The number of aryl methyl sites for hydroxylation is 1. The smallest absolute Gasteiger partial charge is 0.220 e. The number of thioether (sulfide) groups is 1. The van der Waals surface area contributed by atoms with E-state index in [1.807, 2.05) is 24.3 Å². The van der Waals surface area contributed by atoms with Gasteiger partial charge in [-0.15, -0.1) is 0 Å². The number of carbonyl (C=O) groups is 1. The molecule has 0 aliphatic rings. The van der Waals surface area contributed by atoms with E-state index >= 15 is 0 Å². The molecular weight excluding hydrogens is 274 g/mol. The van der Waals surface area contributed by atoms with Crippen molar-refractivity contribution in [2.75, 3.05) is 31.8 Å². The van der Waals surface area contributed by atoms with E-state index in [1.165, 1.54) is 0 Å². The van der Waals surface area contributed by atoms with Crippen LogP contribution in [0, 0.1) is 0 Å². The molecule has 1 aromatic rings. The maximum absolute atomic E-state index is 11.7. The summed E-state index contributed by atoms with van der Waals surface area (Å²) >= 11 is 1.75. The molecule has 0 atom stereocenters. The number of aliphatic hydroxyl groups excluding tert-OH is 1. The van der Waals surface area contributed by atoms with Crippen molar-refractivity contribution in [3.63, 3.8) is 0 Å². The zero-order valence-electron chi connectivity index (χ0n) is 11.9. The maximum Gasteiger partial charge on any atom is 0.220 e. The lowest BCUT2D eigenvalue weighted by atomic mass is 10.1. The summed E-state index contributed by atoms with van der Waals surface area (Å²) in [6.45, 7) is 0.924. The Hall–Kier alpha value is -1.20. The summed E-state index contributed by atoms with van der Waals surface area (Å²) in [5.41, 5.74) is 1.11. The summed E-state index contributed by atoms with van der Waals surface area (Å²) in [4.78, 5) is 11.7. The van der Waals surface area contributed by atoms with Gasteiger partial charge in [-0.25, -0.2) is 0 Å². The Morgan fingerprint density at radius 3 is 3.00 bits per heavy atom. The molecule has 2 N–H and O–H groups in total. The third kappa shape index (κ3) is 7.40. The van der Waals surface area contributed by atoms with Crippen LogP contribution in [0.4, 0.5) is 0 Å². The van der Waals surface area contributed by atoms with Crippen molar-refractivity contribution in [2.24, 2.45) is 0 Å². The van der Waals surface area contributed by atoms with Gasteiger partial charge in [-0.05, 0) is 36.3 Å². The lowest BCUT2D eigenvalue weighted by molar-refractivity contribution is -0.120. The fourth-order valence-corrected chi connectivity index (χ4v) is 2.49. The molecule has 0 fully saturated rings. The van der Waals surface area contributed by atoms with E-state index in [2.05, 4.69) is 5.32 Å². The molecule has 1 aromatic carbocycles. The molecule has 20 heavy (non-hydrogen) atoms. The molecule has 5 heteroatoms. The average Bonchev–Trinajstić information content (AvgIpc) is 2.49. The molecule has 0 aliphatic heterocycles. The first-order valence-electron chi connectivity index (χ1n) is 6.84. The standard InChI is InChI=1S/C15H23NO3S/c1-19-14-5-2-4-13(12-14)6-7-15(18)16-8-11-20-10-3-9-17/h2,4-5,12,17H,3,6-11H2,1H3,(H,16,18). The van der Waals surface area contributed by atoms with E-state index in [4.69, 9.17) is 9.84 Å². The van der Waals surface area contributed by atoms with E-state index < -0.39 is 0 Å². The number of nitrogens with one attached hydrogen (secondary N) is 1. The lowest BCUT2D eigenvalue weighted by Crippen LogP contribution is -2.26. The number of aliphatic hydroxyl groups is 1. The number of methoxy groups -OCH3 is 1. The van der Waals surface area contributed by atoms with E-state index in [-0.39, 0.29) is 12.5 Å². The van der Waals surface area contributed by atoms with Crippen molar-refractivity contribution in [1.82, 2.24) is 5.32 Å². The van der Waals surface area contributed by atoms with Crippen molar-refractivity contribution < 1.29 is 14.6 Å². The van der Waals surface area contributed by atoms with Gasteiger partial charge in [-0.2, -0.15) is 11.8 Å². The van der Waals surface area contributed by atoms with Crippen LogP contribution in [-0.2, 0) is 11.2 Å². The van der Waals surface area contributed by atoms with Gasteiger partial charge in [0.05, 0.1) is 7.11 Å². The van der Waals surface area contributed by atoms with Gasteiger partial charge in [0.2, 0.25) is 5.91 Å². The molecule has 0 radical (unpaired) electrons. The van der Waals surface area contributed by atoms with Crippen molar-refractivity contribution >= 4 is 17.7 Å². The molecule has 0 saturated heterocycles. The summed E-state index contributed by atoms with van der Waals surface area (Å²) in [5.74, 6) is 2.74. The SMILES string of the molecule is COc1cccc(CCC(=O)NCCSCCCO)c1. The van der Waals surface area contributed by atoms with Crippen LogP contribution < -0.4 is 10.1 Å². The molecule has 0 spiro atoms. The van der Waals surface area contributed by atoms with Crippen molar-refractivity contribution in [2.45, 2.75) is 19.3 Å². The Labute approximate surface area is 124 Å². The van der Waals surface area contributed by atoms with Crippen molar-refractivity contribution in [1.29, 1.82) is 0 Å². The fourth-order valence-electron chi connectivity index (χ4n) is 1.71. The zero-order valence-corrected chi connectivity index (χ0v) is 12.7. The third-order valence-corrected chi connectivity index (χ3v) is 3.86. The Morgan fingerprint density at radius 1 is 1.40 bits per heavy atom. The number of hydrogen-bond donors (Lipinski definition) is 2. The van der Waals surface area contributed by atoms with Crippen LogP contribution in [0.25, 0.3) is 0 Å². The quantitative estimate of drug-likeness (QED) is 0.647. The van der Waals surface area contributed by atoms with Crippen molar-refractivity contribution in [3.8, 4) is 5.75 Å². The molecule has 112 valence electrons. The molecule has 1 rings (SSSR count). The number of carbonyl (C=O) groups excluding carboxylic acids is 1. The molecule has 4 nitrogen and oxygen atoms in total. The highest BCUT2D eigenvalue weighted by molar-refractivity contribution is 7.99. The summed E-state index contributed by atoms with van der Waals surface area (Å²) < 4.78 is 5.15. The predicted octanol–water partition coefficient (Wildman–Crippen LogP) is 1.86. The minimum absolute atomic E-state index is 0.0792. The molecule has 0 saturated carbocycles.